The molecule has 6 heteroatoms. The first kappa shape index (κ1) is 15.8. The lowest BCUT2D eigenvalue weighted by Crippen LogP contribution is -2.34. The van der Waals surface area contributed by atoms with E-state index in [1.165, 1.54) is 0 Å². The summed E-state index contributed by atoms with van der Waals surface area (Å²) in [4.78, 5) is 4.59. The van der Waals surface area contributed by atoms with Crippen molar-refractivity contribution in [1.82, 2.24) is 15.5 Å². The number of nitrogens with one attached hydrogen (secondary N) is 1. The first-order chi connectivity index (χ1) is 9.67. The number of nitrogens with zero attached hydrogens (tertiary/aromatic N) is 2. The van der Waals surface area contributed by atoms with Crippen LogP contribution in [-0.2, 0) is 4.74 Å². The smallest absolute Gasteiger partial charge is 0.232 e. The van der Waals surface area contributed by atoms with E-state index in [0.717, 1.165) is 30.4 Å². The third kappa shape index (κ3) is 3.54. The highest BCUT2D eigenvalue weighted by atomic mass is 32.2. The third-order valence-corrected chi connectivity index (χ3v) is 4.82. The Kier molecular flexibility index (Phi) is 5.86. The highest BCUT2D eigenvalue weighted by Crippen LogP contribution is 2.33. The zero-order chi connectivity index (χ0) is 14.5. The van der Waals surface area contributed by atoms with Gasteiger partial charge in [-0.15, -0.1) is 0 Å². The molecule has 1 aliphatic heterocycles. The Bertz CT molecular complexity index is 411. The van der Waals surface area contributed by atoms with E-state index in [4.69, 9.17) is 9.26 Å². The van der Waals surface area contributed by atoms with Crippen LogP contribution >= 0.6 is 11.8 Å². The van der Waals surface area contributed by atoms with E-state index in [9.17, 15) is 0 Å². The van der Waals surface area contributed by atoms with Gasteiger partial charge in [-0.3, -0.25) is 0 Å². The van der Waals surface area contributed by atoms with Gasteiger partial charge in [-0.25, -0.2) is 0 Å². The van der Waals surface area contributed by atoms with Crippen molar-refractivity contribution in [3.05, 3.63) is 11.7 Å². The van der Waals surface area contributed by atoms with Gasteiger partial charge in [-0.1, -0.05) is 25.9 Å². The number of ether oxygens (including phenoxy) is 1. The summed E-state index contributed by atoms with van der Waals surface area (Å²) >= 11 is 1.94. The van der Waals surface area contributed by atoms with Crippen molar-refractivity contribution in [2.45, 2.75) is 45.3 Å². The lowest BCUT2D eigenvalue weighted by molar-refractivity contribution is 0.0555. The van der Waals surface area contributed by atoms with Gasteiger partial charge in [0.15, 0.2) is 0 Å². The lowest BCUT2D eigenvalue weighted by Gasteiger charge is -2.16. The number of hydrogen-bond donors (Lipinski definition) is 1. The van der Waals surface area contributed by atoms with Gasteiger partial charge in [-0.2, -0.15) is 16.7 Å². The molecule has 3 unspecified atom stereocenters. The molecule has 0 spiro atoms. The van der Waals surface area contributed by atoms with E-state index in [1.54, 1.807) is 7.11 Å². The molecule has 0 saturated carbocycles. The molecule has 0 aromatic carbocycles. The quantitative estimate of drug-likeness (QED) is 0.835. The van der Waals surface area contributed by atoms with Crippen LogP contribution < -0.4 is 5.32 Å². The molecule has 2 rings (SSSR count). The van der Waals surface area contributed by atoms with E-state index >= 15 is 0 Å². The molecular weight excluding hydrogens is 274 g/mol. The highest BCUT2D eigenvalue weighted by molar-refractivity contribution is 7.99. The molecule has 114 valence electrons. The molecule has 1 fully saturated rings. The van der Waals surface area contributed by atoms with Crippen molar-refractivity contribution in [3.63, 3.8) is 0 Å². The van der Waals surface area contributed by atoms with Crippen LogP contribution in [0.1, 0.15) is 50.9 Å². The molecule has 0 aliphatic carbocycles. The van der Waals surface area contributed by atoms with Gasteiger partial charge in [0.05, 0.1) is 5.92 Å². The van der Waals surface area contributed by atoms with Crippen LogP contribution in [0.2, 0.25) is 0 Å². The summed E-state index contributed by atoms with van der Waals surface area (Å²) in [5, 5.41) is 7.69. The Morgan fingerprint density at radius 2 is 2.25 bits per heavy atom. The molecule has 20 heavy (non-hydrogen) atoms. The van der Waals surface area contributed by atoms with E-state index in [2.05, 4.69) is 36.2 Å². The predicted octanol–water partition coefficient (Wildman–Crippen LogP) is 2.61. The van der Waals surface area contributed by atoms with Gasteiger partial charge in [0, 0.05) is 24.7 Å². The summed E-state index contributed by atoms with van der Waals surface area (Å²) < 4.78 is 11.0. The number of rotatable bonds is 7. The van der Waals surface area contributed by atoms with Crippen LogP contribution in [0.3, 0.4) is 0 Å². The summed E-state index contributed by atoms with van der Waals surface area (Å²) in [6.45, 7) is 7.42. The molecule has 1 saturated heterocycles. The monoisotopic (exact) mass is 299 g/mol. The van der Waals surface area contributed by atoms with E-state index < -0.39 is 0 Å². The van der Waals surface area contributed by atoms with Gasteiger partial charge in [0.2, 0.25) is 11.7 Å². The van der Waals surface area contributed by atoms with E-state index in [-0.39, 0.29) is 6.10 Å². The molecular formula is C14H25N3O2S. The Balaban J connectivity index is 2.07. The van der Waals surface area contributed by atoms with Gasteiger partial charge >= 0.3 is 0 Å². The first-order valence-corrected chi connectivity index (χ1v) is 8.50. The molecule has 1 N–H and O–H groups in total. The molecule has 1 aromatic rings. The average Bonchev–Trinajstić information content (AvgIpc) is 3.05. The minimum Gasteiger partial charge on any atom is -0.373 e. The Labute approximate surface area is 125 Å². The second-order valence-electron chi connectivity index (χ2n) is 5.60. The van der Waals surface area contributed by atoms with Crippen molar-refractivity contribution in [1.29, 1.82) is 0 Å². The Morgan fingerprint density at radius 1 is 1.45 bits per heavy atom. The van der Waals surface area contributed by atoms with Crippen LogP contribution in [0.25, 0.3) is 0 Å². The fourth-order valence-corrected chi connectivity index (χ4v) is 3.89. The summed E-state index contributed by atoms with van der Waals surface area (Å²) in [6.07, 6.45) is 1.05. The maximum Gasteiger partial charge on any atom is 0.232 e. The zero-order valence-electron chi connectivity index (χ0n) is 12.8. The molecule has 1 aliphatic rings. The van der Waals surface area contributed by atoms with Crippen molar-refractivity contribution in [3.8, 4) is 0 Å². The standard InChI is InChI=1S/C14H25N3O2S/c1-5-6-15-11-8-20-7-10(11)14-16-13(17-19-14)12(18-4)9(2)3/h9-12,15H,5-8H2,1-4H3. The summed E-state index contributed by atoms with van der Waals surface area (Å²) in [5.41, 5.74) is 0. The molecule has 3 atom stereocenters. The van der Waals surface area contributed by atoms with E-state index in [0.29, 0.717) is 23.7 Å². The first-order valence-electron chi connectivity index (χ1n) is 7.34. The SMILES string of the molecule is CCCNC1CSCC1c1nc(C(OC)C(C)C)no1. The topological polar surface area (TPSA) is 60.2 Å². The van der Waals surface area contributed by atoms with Crippen molar-refractivity contribution < 1.29 is 9.26 Å². The maximum absolute atomic E-state index is 5.50. The van der Waals surface area contributed by atoms with Crippen molar-refractivity contribution in [2.24, 2.45) is 5.92 Å². The minimum atomic E-state index is -0.0939. The zero-order valence-corrected chi connectivity index (χ0v) is 13.6. The van der Waals surface area contributed by atoms with Gasteiger partial charge in [-0.05, 0) is 18.9 Å². The minimum absolute atomic E-state index is 0.0939. The Hall–Kier alpha value is -0.590. The number of hydrogen-bond acceptors (Lipinski definition) is 6. The summed E-state index contributed by atoms with van der Waals surface area (Å²) in [5.74, 6) is 4.22. The maximum atomic E-state index is 5.50. The second kappa shape index (κ2) is 7.43. The number of aromatic nitrogens is 2. The van der Waals surface area contributed by atoms with Crippen LogP contribution in [0, 0.1) is 5.92 Å². The van der Waals surface area contributed by atoms with Gasteiger partial charge in [0.1, 0.15) is 6.10 Å². The second-order valence-corrected chi connectivity index (χ2v) is 6.67. The van der Waals surface area contributed by atoms with Crippen LogP contribution in [0.5, 0.6) is 0 Å². The highest BCUT2D eigenvalue weighted by Gasteiger charge is 2.34. The molecule has 0 radical (unpaired) electrons. The molecule has 5 nitrogen and oxygen atoms in total. The lowest BCUT2D eigenvalue weighted by atomic mass is 10.0. The summed E-state index contributed by atoms with van der Waals surface area (Å²) in [6, 6.07) is 0.438. The largest absolute Gasteiger partial charge is 0.373 e. The average molecular weight is 299 g/mol. The predicted molar refractivity (Wildman–Crippen MR) is 81.0 cm³/mol. The summed E-state index contributed by atoms with van der Waals surface area (Å²) in [7, 11) is 1.69. The van der Waals surface area contributed by atoms with Crippen LogP contribution in [-0.4, -0.2) is 41.3 Å². The van der Waals surface area contributed by atoms with Crippen molar-refractivity contribution in [2.75, 3.05) is 25.2 Å². The fraction of sp³-hybridized carbons (Fsp3) is 0.857. The Morgan fingerprint density at radius 3 is 2.90 bits per heavy atom. The van der Waals surface area contributed by atoms with Crippen LogP contribution in [0.4, 0.5) is 0 Å². The fourth-order valence-electron chi connectivity index (χ4n) is 2.52. The number of thioether (sulfide) groups is 1. The van der Waals surface area contributed by atoms with Gasteiger partial charge < -0.3 is 14.6 Å². The molecule has 0 bridgehead atoms. The van der Waals surface area contributed by atoms with Crippen molar-refractivity contribution >= 4 is 11.8 Å². The molecule has 1 aromatic heterocycles. The van der Waals surface area contributed by atoms with E-state index in [1.807, 2.05) is 11.8 Å². The molecule has 2 heterocycles. The normalized spacial score (nSPS) is 24.4. The van der Waals surface area contributed by atoms with Gasteiger partial charge in [0.25, 0.3) is 0 Å². The van der Waals surface area contributed by atoms with Crippen LogP contribution in [0.15, 0.2) is 4.52 Å². The number of methoxy groups -OCH3 is 1. The molecule has 0 amide bonds. The third-order valence-electron chi connectivity index (χ3n) is 3.63.